The van der Waals surface area contributed by atoms with Crippen LogP contribution >= 0.6 is 11.3 Å². The van der Waals surface area contributed by atoms with Gasteiger partial charge in [0.1, 0.15) is 5.82 Å². The minimum Gasteiger partial charge on any atom is -0.338 e. The molecule has 1 aliphatic heterocycles. The van der Waals surface area contributed by atoms with Crippen molar-refractivity contribution in [1.29, 1.82) is 0 Å². The van der Waals surface area contributed by atoms with Crippen LogP contribution in [0.4, 0.5) is 4.79 Å². The van der Waals surface area contributed by atoms with Crippen molar-refractivity contribution in [3.63, 3.8) is 0 Å². The Hall–Kier alpha value is -1.86. The van der Waals surface area contributed by atoms with Crippen molar-refractivity contribution in [2.45, 2.75) is 19.4 Å². The SMILES string of the molecule is C[C@H](c1ccsc1)N1CCN(C(=O)NCCc2nccn2C)CC1. The van der Waals surface area contributed by atoms with Gasteiger partial charge in [-0.1, -0.05) is 0 Å². The van der Waals surface area contributed by atoms with E-state index in [0.717, 1.165) is 38.4 Å². The Balaban J connectivity index is 1.41. The number of thiophene rings is 1. The first-order valence-corrected chi connectivity index (χ1v) is 9.34. The van der Waals surface area contributed by atoms with E-state index in [-0.39, 0.29) is 6.03 Å². The first-order chi connectivity index (χ1) is 11.6. The fourth-order valence-corrected chi connectivity index (χ4v) is 3.81. The number of carbonyl (C=O) groups excluding carboxylic acids is 1. The number of aryl methyl sites for hydroxylation is 1. The molecule has 3 rings (SSSR count). The summed E-state index contributed by atoms with van der Waals surface area (Å²) in [5.74, 6) is 0.990. The minimum absolute atomic E-state index is 0.0343. The van der Waals surface area contributed by atoms with Gasteiger partial charge in [0.2, 0.25) is 0 Å². The van der Waals surface area contributed by atoms with Gasteiger partial charge in [-0.15, -0.1) is 0 Å². The lowest BCUT2D eigenvalue weighted by Gasteiger charge is -2.37. The van der Waals surface area contributed by atoms with Crippen LogP contribution in [0.2, 0.25) is 0 Å². The second kappa shape index (κ2) is 7.81. The summed E-state index contributed by atoms with van der Waals surface area (Å²) in [6.45, 7) is 6.26. The van der Waals surface area contributed by atoms with Gasteiger partial charge < -0.3 is 14.8 Å². The number of rotatable bonds is 5. The molecular formula is C17H25N5OS. The Morgan fingerprint density at radius 1 is 1.38 bits per heavy atom. The largest absolute Gasteiger partial charge is 0.338 e. The zero-order chi connectivity index (χ0) is 16.9. The lowest BCUT2D eigenvalue weighted by molar-refractivity contribution is 0.114. The van der Waals surface area contributed by atoms with Gasteiger partial charge >= 0.3 is 6.03 Å². The second-order valence-electron chi connectivity index (χ2n) is 6.19. The smallest absolute Gasteiger partial charge is 0.317 e. The highest BCUT2D eigenvalue weighted by Crippen LogP contribution is 2.23. The standard InChI is InChI=1S/C17H25N5OS/c1-14(15-4-12-24-13-15)21-8-10-22(11-9-21)17(23)19-5-3-16-18-6-7-20(16)2/h4,6-7,12-14H,3,5,8-11H2,1-2H3,(H,19,23)/t14-/m1/s1. The average molecular weight is 347 g/mol. The van der Waals surface area contributed by atoms with Crippen molar-refractivity contribution < 1.29 is 4.79 Å². The fraction of sp³-hybridized carbons (Fsp3) is 0.529. The molecule has 2 aromatic rings. The molecule has 1 fully saturated rings. The Kier molecular flexibility index (Phi) is 5.52. The molecule has 1 saturated heterocycles. The molecule has 24 heavy (non-hydrogen) atoms. The molecule has 130 valence electrons. The maximum atomic E-state index is 12.3. The molecule has 0 aromatic carbocycles. The van der Waals surface area contributed by atoms with E-state index < -0.39 is 0 Å². The molecule has 2 amide bonds. The van der Waals surface area contributed by atoms with E-state index >= 15 is 0 Å². The predicted octanol–water partition coefficient (Wildman–Crippen LogP) is 2.11. The number of nitrogens with one attached hydrogen (secondary N) is 1. The number of carbonyl (C=O) groups is 1. The fourth-order valence-electron chi connectivity index (χ4n) is 3.07. The highest BCUT2D eigenvalue weighted by molar-refractivity contribution is 7.07. The number of piperazine rings is 1. The molecule has 0 aliphatic carbocycles. The van der Waals surface area contributed by atoms with Gasteiger partial charge in [0.05, 0.1) is 0 Å². The molecular weight excluding hydrogens is 322 g/mol. The van der Waals surface area contributed by atoms with Crippen molar-refractivity contribution in [1.82, 2.24) is 24.7 Å². The van der Waals surface area contributed by atoms with E-state index in [1.165, 1.54) is 5.56 Å². The molecule has 0 spiro atoms. The molecule has 0 unspecified atom stereocenters. The third kappa shape index (κ3) is 3.96. The van der Waals surface area contributed by atoms with Crippen LogP contribution in [0.3, 0.4) is 0 Å². The first-order valence-electron chi connectivity index (χ1n) is 8.40. The summed E-state index contributed by atoms with van der Waals surface area (Å²) in [5.41, 5.74) is 1.37. The van der Waals surface area contributed by atoms with E-state index in [1.54, 1.807) is 17.5 Å². The number of urea groups is 1. The number of hydrogen-bond acceptors (Lipinski definition) is 4. The van der Waals surface area contributed by atoms with Crippen LogP contribution in [-0.2, 0) is 13.5 Å². The van der Waals surface area contributed by atoms with E-state index in [9.17, 15) is 4.79 Å². The zero-order valence-electron chi connectivity index (χ0n) is 14.3. The first kappa shape index (κ1) is 17.0. The van der Waals surface area contributed by atoms with E-state index in [2.05, 4.69) is 39.0 Å². The topological polar surface area (TPSA) is 53.4 Å². The summed E-state index contributed by atoms with van der Waals surface area (Å²) >= 11 is 1.74. The van der Waals surface area contributed by atoms with Gasteiger partial charge in [-0.25, -0.2) is 9.78 Å². The maximum absolute atomic E-state index is 12.3. The van der Waals surface area contributed by atoms with Crippen LogP contribution in [0.1, 0.15) is 24.4 Å². The maximum Gasteiger partial charge on any atom is 0.317 e. The molecule has 6 nitrogen and oxygen atoms in total. The highest BCUT2D eigenvalue weighted by atomic mass is 32.1. The van der Waals surface area contributed by atoms with Gasteiger partial charge in [-0.2, -0.15) is 11.3 Å². The highest BCUT2D eigenvalue weighted by Gasteiger charge is 2.24. The quantitative estimate of drug-likeness (QED) is 0.901. The molecule has 1 aliphatic rings. The molecule has 2 aromatic heterocycles. The Morgan fingerprint density at radius 3 is 2.79 bits per heavy atom. The molecule has 7 heteroatoms. The van der Waals surface area contributed by atoms with Gasteiger partial charge in [0.15, 0.2) is 0 Å². The summed E-state index contributed by atoms with van der Waals surface area (Å²) in [6, 6.07) is 2.64. The summed E-state index contributed by atoms with van der Waals surface area (Å²) in [5, 5.41) is 7.34. The van der Waals surface area contributed by atoms with Crippen LogP contribution in [0.25, 0.3) is 0 Å². The molecule has 0 saturated carbocycles. The van der Waals surface area contributed by atoms with Crippen molar-refractivity contribution in [3.8, 4) is 0 Å². The van der Waals surface area contributed by atoms with E-state index in [4.69, 9.17) is 0 Å². The number of imidazole rings is 1. The molecule has 1 atom stereocenters. The Morgan fingerprint density at radius 2 is 2.17 bits per heavy atom. The van der Waals surface area contributed by atoms with E-state index in [1.807, 2.05) is 22.7 Å². The zero-order valence-corrected chi connectivity index (χ0v) is 15.1. The van der Waals surface area contributed by atoms with Crippen LogP contribution in [-0.4, -0.2) is 58.1 Å². The molecule has 3 heterocycles. The third-order valence-electron chi connectivity index (χ3n) is 4.72. The summed E-state index contributed by atoms with van der Waals surface area (Å²) in [7, 11) is 1.97. The monoisotopic (exact) mass is 347 g/mol. The van der Waals surface area contributed by atoms with Gasteiger partial charge in [0.25, 0.3) is 0 Å². The van der Waals surface area contributed by atoms with Crippen LogP contribution in [0.5, 0.6) is 0 Å². The number of amides is 2. The van der Waals surface area contributed by atoms with E-state index in [0.29, 0.717) is 12.6 Å². The molecule has 0 bridgehead atoms. The van der Waals surface area contributed by atoms with Crippen molar-refractivity contribution in [2.75, 3.05) is 32.7 Å². The summed E-state index contributed by atoms with van der Waals surface area (Å²) in [4.78, 5) is 20.9. The minimum atomic E-state index is 0.0343. The Labute approximate surface area is 147 Å². The average Bonchev–Trinajstić information content (AvgIpc) is 3.26. The molecule has 0 radical (unpaired) electrons. The van der Waals surface area contributed by atoms with Gasteiger partial charge in [0, 0.05) is 64.6 Å². The van der Waals surface area contributed by atoms with Gasteiger partial charge in [-0.05, 0) is 29.3 Å². The van der Waals surface area contributed by atoms with Crippen molar-refractivity contribution in [3.05, 3.63) is 40.6 Å². The Bertz CT molecular complexity index is 646. The summed E-state index contributed by atoms with van der Waals surface area (Å²) in [6.07, 6.45) is 4.46. The van der Waals surface area contributed by atoms with Crippen molar-refractivity contribution in [2.24, 2.45) is 7.05 Å². The normalized spacial score (nSPS) is 17.0. The predicted molar refractivity (Wildman–Crippen MR) is 96.2 cm³/mol. The lowest BCUT2D eigenvalue weighted by atomic mass is 10.1. The molecule has 1 N–H and O–H groups in total. The van der Waals surface area contributed by atoms with Crippen LogP contribution < -0.4 is 5.32 Å². The third-order valence-corrected chi connectivity index (χ3v) is 5.42. The van der Waals surface area contributed by atoms with Crippen molar-refractivity contribution >= 4 is 17.4 Å². The number of aromatic nitrogens is 2. The van der Waals surface area contributed by atoms with Crippen LogP contribution in [0, 0.1) is 0 Å². The summed E-state index contributed by atoms with van der Waals surface area (Å²) < 4.78 is 1.98. The number of nitrogens with zero attached hydrogens (tertiary/aromatic N) is 4. The lowest BCUT2D eigenvalue weighted by Crippen LogP contribution is -2.52. The van der Waals surface area contributed by atoms with Gasteiger partial charge in [-0.3, -0.25) is 4.90 Å². The van der Waals surface area contributed by atoms with Crippen LogP contribution in [0.15, 0.2) is 29.2 Å². The number of hydrogen-bond donors (Lipinski definition) is 1. The second-order valence-corrected chi connectivity index (χ2v) is 6.97.